The van der Waals surface area contributed by atoms with Crippen molar-refractivity contribution >= 4 is 5.69 Å². The highest BCUT2D eigenvalue weighted by atomic mass is 15.0. The summed E-state index contributed by atoms with van der Waals surface area (Å²) in [5.74, 6) is 0.905. The third-order valence-corrected chi connectivity index (χ3v) is 1.73. The van der Waals surface area contributed by atoms with Gasteiger partial charge < -0.3 is 5.73 Å². The van der Waals surface area contributed by atoms with Gasteiger partial charge in [-0.25, -0.2) is 9.55 Å². The van der Waals surface area contributed by atoms with E-state index in [9.17, 15) is 0 Å². The number of nitrogens with two attached hydrogens (primary N) is 1. The van der Waals surface area contributed by atoms with Gasteiger partial charge >= 0.3 is 5.82 Å². The summed E-state index contributed by atoms with van der Waals surface area (Å²) >= 11 is 0. The van der Waals surface area contributed by atoms with Gasteiger partial charge in [-0.15, -0.1) is 0 Å². The summed E-state index contributed by atoms with van der Waals surface area (Å²) in [6.07, 6.45) is 5.75. The summed E-state index contributed by atoms with van der Waals surface area (Å²) < 4.78 is 1.94. The lowest BCUT2D eigenvalue weighted by molar-refractivity contribution is -0.372. The molecule has 0 spiro atoms. The lowest BCUT2D eigenvalue weighted by Gasteiger charge is -1.96. The number of aromatic amines is 1. The molecule has 2 heterocycles. The van der Waals surface area contributed by atoms with Gasteiger partial charge in [-0.1, -0.05) is 0 Å². The molecule has 0 saturated carbocycles. The third-order valence-electron chi connectivity index (χ3n) is 1.73. The highest BCUT2D eigenvalue weighted by Crippen LogP contribution is 2.09. The quantitative estimate of drug-likeness (QED) is 0.661. The minimum Gasteiger partial charge on any atom is -0.392 e. The lowest BCUT2D eigenvalue weighted by Crippen LogP contribution is -2.13. The zero-order valence-electron chi connectivity index (χ0n) is 6.57. The Morgan fingerprint density at radius 3 is 2.58 bits per heavy atom. The number of nitrogen functional groups attached to an aromatic ring is 1. The molecule has 0 unspecified atom stereocenters. The van der Waals surface area contributed by atoms with E-state index in [-0.39, 0.29) is 0 Å². The predicted octanol–water partition coefficient (Wildman–Crippen LogP) is 0.874. The van der Waals surface area contributed by atoms with Crippen LogP contribution >= 0.6 is 0 Å². The number of nitrogens with one attached hydrogen (secondary N) is 1. The van der Waals surface area contributed by atoms with E-state index in [4.69, 9.17) is 5.73 Å². The Balaban J connectivity index is 2.55. The maximum Gasteiger partial charge on any atom is 0.307 e. The van der Waals surface area contributed by atoms with Crippen molar-refractivity contribution in [3.05, 3.63) is 42.9 Å². The topological polar surface area (TPSA) is 45.1 Å². The summed E-state index contributed by atoms with van der Waals surface area (Å²) in [5.41, 5.74) is 6.50. The number of hydrogen-bond acceptors (Lipinski definition) is 1. The Bertz CT molecular complexity index is 365. The lowest BCUT2D eigenvalue weighted by atomic mass is 10.4. The number of H-pyrrole nitrogens is 1. The molecule has 3 nitrogen and oxygen atoms in total. The average Bonchev–Trinajstić information content (AvgIpc) is 2.57. The molecule has 0 saturated heterocycles. The first kappa shape index (κ1) is 6.91. The van der Waals surface area contributed by atoms with Gasteiger partial charge in [-0.05, 0) is 24.3 Å². The molecule has 2 rings (SSSR count). The Morgan fingerprint density at radius 1 is 1.17 bits per heavy atom. The van der Waals surface area contributed by atoms with Gasteiger partial charge in [0, 0.05) is 0 Å². The standard InChI is InChI=1S/C9H9N3/c10-8-4-3-5-11-9(8)12-6-1-2-7-12/h1-7H,10H2/p+1. The van der Waals surface area contributed by atoms with Crippen molar-refractivity contribution in [2.24, 2.45) is 0 Å². The highest BCUT2D eigenvalue weighted by Gasteiger charge is 2.06. The summed E-state index contributed by atoms with van der Waals surface area (Å²) in [6.45, 7) is 0. The van der Waals surface area contributed by atoms with Gasteiger partial charge in [0.25, 0.3) is 0 Å². The highest BCUT2D eigenvalue weighted by molar-refractivity contribution is 5.48. The van der Waals surface area contributed by atoms with Crippen LogP contribution in [0.3, 0.4) is 0 Å². The monoisotopic (exact) mass is 160 g/mol. The van der Waals surface area contributed by atoms with E-state index in [0.29, 0.717) is 0 Å². The van der Waals surface area contributed by atoms with Crippen LogP contribution in [0, 0.1) is 0 Å². The van der Waals surface area contributed by atoms with Gasteiger partial charge in [0.1, 0.15) is 5.69 Å². The predicted molar refractivity (Wildman–Crippen MR) is 46.7 cm³/mol. The van der Waals surface area contributed by atoms with E-state index in [1.165, 1.54) is 0 Å². The van der Waals surface area contributed by atoms with Gasteiger partial charge in [0.2, 0.25) is 0 Å². The number of nitrogens with zero attached hydrogens (tertiary/aromatic N) is 1. The number of aromatic nitrogens is 2. The van der Waals surface area contributed by atoms with E-state index in [0.717, 1.165) is 11.5 Å². The van der Waals surface area contributed by atoms with Crippen molar-refractivity contribution in [3.8, 4) is 5.82 Å². The van der Waals surface area contributed by atoms with Gasteiger partial charge in [0.05, 0.1) is 18.6 Å². The minimum atomic E-state index is 0.744. The van der Waals surface area contributed by atoms with Gasteiger partial charge in [-0.2, -0.15) is 0 Å². The molecule has 12 heavy (non-hydrogen) atoms. The van der Waals surface area contributed by atoms with Crippen LogP contribution in [0.4, 0.5) is 5.69 Å². The van der Waals surface area contributed by atoms with Gasteiger partial charge in [0.15, 0.2) is 0 Å². The zero-order chi connectivity index (χ0) is 8.39. The van der Waals surface area contributed by atoms with E-state index < -0.39 is 0 Å². The second-order valence-electron chi connectivity index (χ2n) is 2.56. The Kier molecular flexibility index (Phi) is 1.55. The molecule has 2 aromatic rings. The Morgan fingerprint density at radius 2 is 1.92 bits per heavy atom. The normalized spacial score (nSPS) is 10.0. The van der Waals surface area contributed by atoms with Crippen molar-refractivity contribution in [2.75, 3.05) is 5.73 Å². The van der Waals surface area contributed by atoms with Crippen molar-refractivity contribution in [2.45, 2.75) is 0 Å². The number of rotatable bonds is 1. The molecule has 0 aliphatic heterocycles. The van der Waals surface area contributed by atoms with Crippen molar-refractivity contribution in [3.63, 3.8) is 0 Å². The average molecular weight is 160 g/mol. The second-order valence-corrected chi connectivity index (χ2v) is 2.56. The fourth-order valence-electron chi connectivity index (χ4n) is 1.15. The van der Waals surface area contributed by atoms with Crippen LogP contribution in [0.2, 0.25) is 0 Å². The van der Waals surface area contributed by atoms with Crippen LogP contribution in [-0.4, -0.2) is 4.57 Å². The van der Waals surface area contributed by atoms with Crippen molar-refractivity contribution in [1.82, 2.24) is 4.57 Å². The maximum absolute atomic E-state index is 5.76. The second kappa shape index (κ2) is 2.70. The molecule has 0 fully saturated rings. The molecule has 3 N–H and O–H groups in total. The molecule has 60 valence electrons. The van der Waals surface area contributed by atoms with Gasteiger partial charge in [-0.3, -0.25) is 0 Å². The van der Waals surface area contributed by atoms with Crippen LogP contribution in [0.5, 0.6) is 0 Å². The molecule has 2 aromatic heterocycles. The molecule has 0 aliphatic carbocycles. The Hall–Kier alpha value is -1.77. The summed E-state index contributed by atoms with van der Waals surface area (Å²) in [7, 11) is 0. The van der Waals surface area contributed by atoms with E-state index in [1.54, 1.807) is 0 Å². The molecular formula is C9H10N3+. The number of hydrogen-bond donors (Lipinski definition) is 1. The summed E-state index contributed by atoms with van der Waals surface area (Å²) in [6, 6.07) is 7.66. The van der Waals surface area contributed by atoms with Crippen LogP contribution in [0.15, 0.2) is 42.9 Å². The fraction of sp³-hybridized carbons (Fsp3) is 0. The molecule has 0 amide bonds. The molecule has 3 heteroatoms. The smallest absolute Gasteiger partial charge is 0.307 e. The zero-order valence-corrected chi connectivity index (χ0v) is 6.57. The first-order valence-electron chi connectivity index (χ1n) is 3.77. The Labute approximate surface area is 70.5 Å². The SMILES string of the molecule is Nc1ccc[nH+]c1-n1cccc1. The third kappa shape index (κ3) is 1.05. The van der Waals surface area contributed by atoms with Crippen LogP contribution in [0.25, 0.3) is 5.82 Å². The molecule has 0 aromatic carbocycles. The summed E-state index contributed by atoms with van der Waals surface area (Å²) in [4.78, 5) is 3.08. The van der Waals surface area contributed by atoms with Crippen LogP contribution in [0.1, 0.15) is 0 Å². The maximum atomic E-state index is 5.76. The van der Waals surface area contributed by atoms with Crippen LogP contribution < -0.4 is 10.7 Å². The molecule has 0 atom stereocenters. The summed E-state index contributed by atoms with van der Waals surface area (Å²) in [5, 5.41) is 0. The van der Waals surface area contributed by atoms with Crippen LogP contribution in [-0.2, 0) is 0 Å². The van der Waals surface area contributed by atoms with E-state index in [1.807, 2.05) is 47.4 Å². The minimum absolute atomic E-state index is 0.744. The van der Waals surface area contributed by atoms with E-state index >= 15 is 0 Å². The first-order chi connectivity index (χ1) is 5.88. The molecule has 0 bridgehead atoms. The largest absolute Gasteiger partial charge is 0.392 e. The number of pyridine rings is 1. The van der Waals surface area contributed by atoms with Crippen molar-refractivity contribution < 1.29 is 4.98 Å². The molecule has 0 radical (unpaired) electrons. The first-order valence-corrected chi connectivity index (χ1v) is 3.77. The van der Waals surface area contributed by atoms with Crippen molar-refractivity contribution in [1.29, 1.82) is 0 Å². The molecular weight excluding hydrogens is 150 g/mol. The van der Waals surface area contributed by atoms with E-state index in [2.05, 4.69) is 4.98 Å². The fourth-order valence-corrected chi connectivity index (χ4v) is 1.15. The molecule has 0 aliphatic rings. The number of anilines is 1.